The Morgan fingerprint density at radius 3 is 2.65 bits per heavy atom. The van der Waals surface area contributed by atoms with Crippen LogP contribution in [-0.2, 0) is 14.3 Å². The van der Waals surface area contributed by atoms with Gasteiger partial charge in [0, 0.05) is 6.08 Å². The average molecular weight is 268 g/mol. The van der Waals surface area contributed by atoms with E-state index >= 15 is 0 Å². The van der Waals surface area contributed by atoms with Crippen LogP contribution in [0.1, 0.15) is 11.1 Å². The third kappa shape index (κ3) is 5.52. The van der Waals surface area contributed by atoms with E-state index in [0.29, 0.717) is 5.56 Å². The second-order valence-corrected chi connectivity index (χ2v) is 3.66. The van der Waals surface area contributed by atoms with Gasteiger partial charge in [-0.15, -0.1) is 6.42 Å². The van der Waals surface area contributed by atoms with Crippen LogP contribution >= 0.6 is 0 Å². The average Bonchev–Trinajstić information content (AvgIpc) is 2.49. The molecule has 0 bridgehead atoms. The fraction of sp³-hybridized carbons (Fsp3) is 0.133. The SMILES string of the molecule is C#CCNC(=O)COC(=O)/C=C/c1ccc(C#N)cc1. The van der Waals surface area contributed by atoms with Gasteiger partial charge in [-0.2, -0.15) is 5.26 Å². The van der Waals surface area contributed by atoms with Crippen molar-refractivity contribution in [3.63, 3.8) is 0 Å². The zero-order chi connectivity index (χ0) is 14.8. The normalized spacial score (nSPS) is 9.50. The highest BCUT2D eigenvalue weighted by atomic mass is 16.5. The predicted octanol–water partition coefficient (Wildman–Crippen LogP) is 0.864. The lowest BCUT2D eigenvalue weighted by Gasteiger charge is -2.01. The largest absolute Gasteiger partial charge is 0.452 e. The summed E-state index contributed by atoms with van der Waals surface area (Å²) in [5.74, 6) is 1.14. The third-order valence-electron chi connectivity index (χ3n) is 2.18. The summed E-state index contributed by atoms with van der Waals surface area (Å²) in [6, 6.07) is 8.66. The standard InChI is InChI=1S/C15H12N2O3/c1-2-9-17-14(18)11-20-15(19)8-7-12-3-5-13(10-16)6-4-12/h1,3-8H,9,11H2,(H,17,18)/b8-7+. The van der Waals surface area contributed by atoms with Gasteiger partial charge in [0.25, 0.3) is 5.91 Å². The number of benzene rings is 1. The highest BCUT2D eigenvalue weighted by molar-refractivity contribution is 5.89. The van der Waals surface area contributed by atoms with E-state index in [1.807, 2.05) is 6.07 Å². The quantitative estimate of drug-likeness (QED) is 0.488. The van der Waals surface area contributed by atoms with Crippen LogP contribution in [0.5, 0.6) is 0 Å². The number of amides is 1. The number of terminal acetylenes is 1. The highest BCUT2D eigenvalue weighted by Crippen LogP contribution is 2.05. The second kappa shape index (κ2) is 8.12. The van der Waals surface area contributed by atoms with Crippen LogP contribution in [0.25, 0.3) is 6.08 Å². The number of hydrogen-bond acceptors (Lipinski definition) is 4. The summed E-state index contributed by atoms with van der Waals surface area (Å²) in [6.45, 7) is -0.282. The Kier molecular flexibility index (Phi) is 6.10. The van der Waals surface area contributed by atoms with Gasteiger partial charge in [-0.25, -0.2) is 4.79 Å². The molecule has 0 saturated heterocycles. The molecule has 0 aliphatic carbocycles. The molecule has 0 fully saturated rings. The van der Waals surface area contributed by atoms with E-state index in [2.05, 4.69) is 11.2 Å². The van der Waals surface area contributed by atoms with Gasteiger partial charge >= 0.3 is 5.97 Å². The molecule has 1 aromatic rings. The number of carbonyl (C=O) groups is 2. The van der Waals surface area contributed by atoms with Crippen molar-refractivity contribution < 1.29 is 14.3 Å². The maximum absolute atomic E-state index is 11.3. The highest BCUT2D eigenvalue weighted by Gasteiger charge is 2.03. The lowest BCUT2D eigenvalue weighted by atomic mass is 10.1. The Labute approximate surface area is 116 Å². The van der Waals surface area contributed by atoms with Crippen molar-refractivity contribution in [1.29, 1.82) is 5.26 Å². The van der Waals surface area contributed by atoms with Crippen molar-refractivity contribution in [2.75, 3.05) is 13.2 Å². The lowest BCUT2D eigenvalue weighted by Crippen LogP contribution is -2.28. The molecule has 0 heterocycles. The summed E-state index contributed by atoms with van der Waals surface area (Å²) < 4.78 is 4.71. The van der Waals surface area contributed by atoms with Gasteiger partial charge in [0.15, 0.2) is 6.61 Å². The van der Waals surface area contributed by atoms with Crippen LogP contribution in [0.3, 0.4) is 0 Å². The first-order valence-electron chi connectivity index (χ1n) is 5.71. The second-order valence-electron chi connectivity index (χ2n) is 3.66. The number of nitriles is 1. The summed E-state index contributed by atoms with van der Waals surface area (Å²) in [5, 5.41) is 11.0. The number of carbonyl (C=O) groups excluding carboxylic acids is 2. The maximum atomic E-state index is 11.3. The third-order valence-corrected chi connectivity index (χ3v) is 2.18. The van der Waals surface area contributed by atoms with Crippen molar-refractivity contribution in [2.45, 2.75) is 0 Å². The summed E-state index contributed by atoms with van der Waals surface area (Å²) in [4.78, 5) is 22.4. The molecule has 0 atom stereocenters. The van der Waals surface area contributed by atoms with Gasteiger partial charge in [-0.05, 0) is 23.8 Å². The fourth-order valence-corrected chi connectivity index (χ4v) is 1.22. The van der Waals surface area contributed by atoms with Crippen molar-refractivity contribution in [3.8, 4) is 18.4 Å². The Bertz CT molecular complexity index is 589. The van der Waals surface area contributed by atoms with Gasteiger partial charge < -0.3 is 10.1 Å². The lowest BCUT2D eigenvalue weighted by molar-refractivity contribution is -0.143. The van der Waals surface area contributed by atoms with Crippen molar-refractivity contribution in [1.82, 2.24) is 5.32 Å². The van der Waals surface area contributed by atoms with E-state index in [1.54, 1.807) is 24.3 Å². The maximum Gasteiger partial charge on any atom is 0.331 e. The Balaban J connectivity index is 2.41. The number of hydrogen-bond donors (Lipinski definition) is 1. The number of rotatable bonds is 5. The van der Waals surface area contributed by atoms with E-state index in [9.17, 15) is 9.59 Å². The summed E-state index contributed by atoms with van der Waals surface area (Å²) in [5.41, 5.74) is 1.28. The number of ether oxygens (including phenoxy) is 1. The first-order valence-corrected chi connectivity index (χ1v) is 5.71. The van der Waals surface area contributed by atoms with Crippen LogP contribution < -0.4 is 5.32 Å². The number of nitrogens with one attached hydrogen (secondary N) is 1. The van der Waals surface area contributed by atoms with Gasteiger partial charge in [0.2, 0.25) is 0 Å². The van der Waals surface area contributed by atoms with Crippen molar-refractivity contribution >= 4 is 18.0 Å². The monoisotopic (exact) mass is 268 g/mol. The zero-order valence-corrected chi connectivity index (χ0v) is 10.6. The smallest absolute Gasteiger partial charge is 0.331 e. The molecular formula is C15H12N2O3. The first-order chi connectivity index (χ1) is 9.65. The molecule has 1 amide bonds. The number of esters is 1. The van der Waals surface area contributed by atoms with E-state index in [1.165, 1.54) is 12.2 Å². The molecule has 1 rings (SSSR count). The molecule has 0 radical (unpaired) electrons. The Hall–Kier alpha value is -3.05. The summed E-state index contributed by atoms with van der Waals surface area (Å²) in [6.07, 6.45) is 7.70. The topological polar surface area (TPSA) is 79.2 Å². The molecule has 0 spiro atoms. The zero-order valence-electron chi connectivity index (χ0n) is 10.6. The molecule has 5 nitrogen and oxygen atoms in total. The van der Waals surface area contributed by atoms with Crippen LogP contribution in [0, 0.1) is 23.7 Å². The van der Waals surface area contributed by atoms with E-state index in [0.717, 1.165) is 5.56 Å². The molecule has 0 unspecified atom stereocenters. The van der Waals surface area contributed by atoms with Crippen LogP contribution in [0.15, 0.2) is 30.3 Å². The molecule has 100 valence electrons. The fourth-order valence-electron chi connectivity index (χ4n) is 1.22. The Morgan fingerprint density at radius 2 is 2.05 bits per heavy atom. The van der Waals surface area contributed by atoms with Crippen molar-refractivity contribution in [3.05, 3.63) is 41.5 Å². The molecular weight excluding hydrogens is 256 g/mol. The molecule has 0 aliphatic heterocycles. The van der Waals surface area contributed by atoms with Crippen molar-refractivity contribution in [2.24, 2.45) is 0 Å². The van der Waals surface area contributed by atoms with Crippen LogP contribution in [-0.4, -0.2) is 25.0 Å². The molecule has 0 aliphatic rings. The molecule has 0 saturated carbocycles. The number of nitrogens with zero attached hydrogens (tertiary/aromatic N) is 1. The molecule has 5 heteroatoms. The van der Waals surface area contributed by atoms with Crippen LogP contribution in [0.4, 0.5) is 0 Å². The predicted molar refractivity (Wildman–Crippen MR) is 73.0 cm³/mol. The minimum Gasteiger partial charge on any atom is -0.452 e. The first kappa shape index (κ1) is 15.0. The minimum absolute atomic E-state index is 0.0947. The molecule has 0 aromatic heterocycles. The van der Waals surface area contributed by atoms with Gasteiger partial charge in [0.1, 0.15) is 0 Å². The van der Waals surface area contributed by atoms with E-state index in [4.69, 9.17) is 16.4 Å². The van der Waals surface area contributed by atoms with Crippen LogP contribution in [0.2, 0.25) is 0 Å². The molecule has 20 heavy (non-hydrogen) atoms. The summed E-state index contributed by atoms with van der Waals surface area (Å²) >= 11 is 0. The Morgan fingerprint density at radius 1 is 1.35 bits per heavy atom. The van der Waals surface area contributed by atoms with E-state index < -0.39 is 11.9 Å². The summed E-state index contributed by atoms with van der Waals surface area (Å²) in [7, 11) is 0. The van der Waals surface area contributed by atoms with E-state index in [-0.39, 0.29) is 13.2 Å². The molecule has 1 N–H and O–H groups in total. The molecule has 1 aromatic carbocycles. The minimum atomic E-state index is -0.634. The van der Waals surface area contributed by atoms with Gasteiger partial charge in [-0.3, -0.25) is 4.79 Å². The van der Waals surface area contributed by atoms with Gasteiger partial charge in [-0.1, -0.05) is 18.1 Å². The van der Waals surface area contributed by atoms with Gasteiger partial charge in [0.05, 0.1) is 18.2 Å².